The average Bonchev–Trinajstić information content (AvgIpc) is 2.13. The van der Waals surface area contributed by atoms with Crippen molar-refractivity contribution in [1.82, 2.24) is 0 Å². The van der Waals surface area contributed by atoms with Gasteiger partial charge in [-0.25, -0.2) is 22.0 Å². The normalized spacial score (nSPS) is 12.8. The van der Waals surface area contributed by atoms with E-state index in [4.69, 9.17) is 5.14 Å². The highest BCUT2D eigenvalue weighted by atomic mass is 32.2. The van der Waals surface area contributed by atoms with Gasteiger partial charge in [0.2, 0.25) is 20.0 Å². The van der Waals surface area contributed by atoms with Crippen LogP contribution in [0.1, 0.15) is 5.56 Å². The molecule has 0 saturated heterocycles. The summed E-state index contributed by atoms with van der Waals surface area (Å²) < 4.78 is 45.4. The quantitative estimate of drug-likeness (QED) is 0.825. The van der Waals surface area contributed by atoms with Crippen molar-refractivity contribution < 1.29 is 16.8 Å². The second-order valence-corrected chi connectivity index (χ2v) is 6.59. The summed E-state index contributed by atoms with van der Waals surface area (Å²) in [4.78, 5) is 0. The SMILES string of the molecule is CS(=O)(=O)Nc1ccc(C=CS(N)(=O)=O)cc1. The zero-order valence-corrected chi connectivity index (χ0v) is 10.6. The number of sulfonamides is 2. The summed E-state index contributed by atoms with van der Waals surface area (Å²) in [5.74, 6) is 0. The zero-order valence-electron chi connectivity index (χ0n) is 8.99. The standard InChI is InChI=1S/C9H12N2O4S2/c1-16(12,13)11-9-4-2-8(3-5-9)6-7-17(10,14)15/h2-7,11H,1H3,(H2,10,14,15). The Morgan fingerprint density at radius 3 is 2.06 bits per heavy atom. The first-order valence-electron chi connectivity index (χ1n) is 4.44. The third-order valence-corrected chi connectivity index (χ3v) is 2.79. The molecule has 6 nitrogen and oxygen atoms in total. The molecule has 0 aliphatic heterocycles. The van der Waals surface area contributed by atoms with E-state index in [0.29, 0.717) is 11.3 Å². The third kappa shape index (κ3) is 6.05. The Morgan fingerprint density at radius 2 is 1.65 bits per heavy atom. The summed E-state index contributed by atoms with van der Waals surface area (Å²) >= 11 is 0. The van der Waals surface area contributed by atoms with Gasteiger partial charge in [0, 0.05) is 11.1 Å². The Balaban J connectivity index is 2.86. The van der Waals surface area contributed by atoms with E-state index >= 15 is 0 Å². The highest BCUT2D eigenvalue weighted by Gasteiger charge is 2.00. The number of hydrogen-bond donors (Lipinski definition) is 2. The Kier molecular flexibility index (Phi) is 3.91. The predicted octanol–water partition coefficient (Wildman–Crippen LogP) is 0.317. The number of rotatable bonds is 4. The molecular weight excluding hydrogens is 264 g/mol. The van der Waals surface area contributed by atoms with Crippen LogP contribution in [0.4, 0.5) is 5.69 Å². The molecule has 94 valence electrons. The predicted molar refractivity (Wildman–Crippen MR) is 67.0 cm³/mol. The average molecular weight is 276 g/mol. The van der Waals surface area contributed by atoms with Gasteiger partial charge in [0.25, 0.3) is 0 Å². The van der Waals surface area contributed by atoms with E-state index in [2.05, 4.69) is 4.72 Å². The molecule has 0 atom stereocenters. The van der Waals surface area contributed by atoms with Gasteiger partial charge in [-0.2, -0.15) is 0 Å². The smallest absolute Gasteiger partial charge is 0.231 e. The molecule has 0 unspecified atom stereocenters. The maximum absolute atomic E-state index is 10.9. The van der Waals surface area contributed by atoms with Gasteiger partial charge < -0.3 is 0 Å². The number of benzene rings is 1. The molecule has 0 bridgehead atoms. The van der Waals surface area contributed by atoms with Crippen molar-refractivity contribution in [2.75, 3.05) is 11.0 Å². The van der Waals surface area contributed by atoms with E-state index in [0.717, 1.165) is 11.7 Å². The van der Waals surface area contributed by atoms with Crippen molar-refractivity contribution in [2.24, 2.45) is 5.14 Å². The summed E-state index contributed by atoms with van der Waals surface area (Å²) in [6.07, 6.45) is 2.36. The lowest BCUT2D eigenvalue weighted by atomic mass is 10.2. The molecule has 3 N–H and O–H groups in total. The second kappa shape index (κ2) is 4.86. The van der Waals surface area contributed by atoms with Crippen molar-refractivity contribution in [1.29, 1.82) is 0 Å². The van der Waals surface area contributed by atoms with E-state index < -0.39 is 20.0 Å². The van der Waals surface area contributed by atoms with Crippen LogP contribution in [0.3, 0.4) is 0 Å². The minimum atomic E-state index is -3.65. The lowest BCUT2D eigenvalue weighted by Gasteiger charge is -2.03. The summed E-state index contributed by atoms with van der Waals surface area (Å²) in [5, 5.41) is 5.66. The fraction of sp³-hybridized carbons (Fsp3) is 0.111. The molecule has 17 heavy (non-hydrogen) atoms. The van der Waals surface area contributed by atoms with Gasteiger partial charge in [-0.1, -0.05) is 12.1 Å². The molecule has 0 aliphatic carbocycles. The van der Waals surface area contributed by atoms with Crippen molar-refractivity contribution in [3.63, 3.8) is 0 Å². The fourth-order valence-corrected chi connectivity index (χ4v) is 1.96. The van der Waals surface area contributed by atoms with Gasteiger partial charge in [0.05, 0.1) is 6.26 Å². The summed E-state index contributed by atoms with van der Waals surface area (Å²) in [6.45, 7) is 0. The molecule has 8 heteroatoms. The zero-order chi connectivity index (χ0) is 13.1. The Labute approximate surface area is 100 Å². The summed E-state index contributed by atoms with van der Waals surface area (Å²) in [6, 6.07) is 6.16. The van der Waals surface area contributed by atoms with Gasteiger partial charge in [-0.05, 0) is 23.8 Å². The maximum Gasteiger partial charge on any atom is 0.231 e. The van der Waals surface area contributed by atoms with Crippen LogP contribution in [-0.2, 0) is 20.0 Å². The topological polar surface area (TPSA) is 106 Å². The molecule has 0 amide bonds. The summed E-state index contributed by atoms with van der Waals surface area (Å²) in [5.41, 5.74) is 0.998. The van der Waals surface area contributed by atoms with Crippen molar-refractivity contribution >= 4 is 31.8 Å². The third-order valence-electron chi connectivity index (χ3n) is 1.66. The Bertz CT molecular complexity index is 615. The van der Waals surface area contributed by atoms with Crippen LogP contribution in [-0.4, -0.2) is 23.1 Å². The van der Waals surface area contributed by atoms with E-state index in [1.165, 1.54) is 18.2 Å². The van der Waals surface area contributed by atoms with Crippen molar-refractivity contribution in [3.05, 3.63) is 35.2 Å². The van der Waals surface area contributed by atoms with E-state index in [-0.39, 0.29) is 0 Å². The van der Waals surface area contributed by atoms with Crippen molar-refractivity contribution in [2.45, 2.75) is 0 Å². The first kappa shape index (κ1) is 13.7. The molecule has 1 aromatic rings. The molecule has 0 aliphatic rings. The number of nitrogens with two attached hydrogens (primary N) is 1. The van der Waals surface area contributed by atoms with Crippen LogP contribution in [0.15, 0.2) is 29.7 Å². The number of primary sulfonamides is 1. The van der Waals surface area contributed by atoms with Gasteiger partial charge in [0.1, 0.15) is 0 Å². The molecular formula is C9H12N2O4S2. The van der Waals surface area contributed by atoms with E-state index in [1.54, 1.807) is 12.1 Å². The number of anilines is 1. The number of nitrogens with one attached hydrogen (secondary N) is 1. The minimum absolute atomic E-state index is 0.403. The Hall–Kier alpha value is -1.38. The Morgan fingerprint density at radius 1 is 1.12 bits per heavy atom. The van der Waals surface area contributed by atoms with Gasteiger partial charge in [0.15, 0.2) is 0 Å². The second-order valence-electron chi connectivity index (χ2n) is 3.39. The first-order valence-corrected chi connectivity index (χ1v) is 7.94. The highest BCUT2D eigenvalue weighted by Crippen LogP contribution is 2.12. The van der Waals surface area contributed by atoms with Gasteiger partial charge in [-0.15, -0.1) is 0 Å². The first-order chi connectivity index (χ1) is 7.66. The van der Waals surface area contributed by atoms with Gasteiger partial charge in [-0.3, -0.25) is 4.72 Å². The fourth-order valence-electron chi connectivity index (χ4n) is 1.05. The molecule has 0 radical (unpaired) electrons. The van der Waals surface area contributed by atoms with Crippen LogP contribution in [0, 0.1) is 0 Å². The number of hydrogen-bond acceptors (Lipinski definition) is 4. The van der Waals surface area contributed by atoms with Gasteiger partial charge >= 0.3 is 0 Å². The van der Waals surface area contributed by atoms with Crippen LogP contribution in [0.25, 0.3) is 6.08 Å². The monoisotopic (exact) mass is 276 g/mol. The lowest BCUT2D eigenvalue weighted by molar-refractivity contribution is 0.605. The maximum atomic E-state index is 10.9. The van der Waals surface area contributed by atoms with Crippen LogP contribution in [0.2, 0.25) is 0 Å². The van der Waals surface area contributed by atoms with Crippen LogP contribution in [0.5, 0.6) is 0 Å². The van der Waals surface area contributed by atoms with E-state index in [9.17, 15) is 16.8 Å². The van der Waals surface area contributed by atoms with Crippen LogP contribution >= 0.6 is 0 Å². The molecule has 0 saturated carbocycles. The van der Waals surface area contributed by atoms with Crippen molar-refractivity contribution in [3.8, 4) is 0 Å². The molecule has 1 rings (SSSR count). The molecule has 0 aromatic heterocycles. The summed E-state index contributed by atoms with van der Waals surface area (Å²) in [7, 11) is -6.96. The minimum Gasteiger partial charge on any atom is -0.284 e. The lowest BCUT2D eigenvalue weighted by Crippen LogP contribution is -2.09. The molecule has 0 fully saturated rings. The van der Waals surface area contributed by atoms with Crippen LogP contribution < -0.4 is 9.86 Å². The molecule has 1 aromatic carbocycles. The molecule has 0 heterocycles. The van der Waals surface area contributed by atoms with E-state index in [1.807, 2.05) is 0 Å². The molecule has 0 spiro atoms. The highest BCUT2D eigenvalue weighted by molar-refractivity contribution is 7.92. The largest absolute Gasteiger partial charge is 0.284 e.